The largest absolute Gasteiger partial charge is 0.461 e. The number of ketones is 1. The molecule has 2 bridgehead atoms. The maximum Gasteiger partial charge on any atom is 0.410 e. The summed E-state index contributed by atoms with van der Waals surface area (Å²) < 4.78 is 17.3. The van der Waals surface area contributed by atoms with E-state index in [1.165, 1.54) is 11.8 Å². The minimum atomic E-state index is -1.24. The Morgan fingerprint density at radius 3 is 2.64 bits per heavy atom. The molecule has 0 spiro atoms. The zero-order valence-electron chi connectivity index (χ0n) is 31.3. The maximum atomic E-state index is 14.2. The number of aliphatic hydroxyl groups excluding tert-OH is 1. The second kappa shape index (κ2) is 16.6. The SMILES string of the molecule is COCCCN(CC1(O)CCC2c3ccc(cc3C(=O)c3ccco3)CC(O)CCC(C)=CCCC21C)C(=O)OC1CC(C)CCC1C(C)C. The Morgan fingerprint density at radius 2 is 1.92 bits per heavy atom. The number of ether oxygens (including phenoxy) is 2. The molecule has 2 N–H and O–H groups in total. The van der Waals surface area contributed by atoms with Crippen LogP contribution in [0.4, 0.5) is 4.79 Å². The molecule has 50 heavy (non-hydrogen) atoms. The molecule has 276 valence electrons. The summed E-state index contributed by atoms with van der Waals surface area (Å²) in [4.78, 5) is 29.9. The number of hydrogen-bond donors (Lipinski definition) is 2. The number of aliphatic hydroxyl groups is 2. The highest BCUT2D eigenvalue weighted by Crippen LogP contribution is 2.59. The van der Waals surface area contributed by atoms with E-state index in [4.69, 9.17) is 13.9 Å². The molecule has 0 aliphatic heterocycles. The smallest absolute Gasteiger partial charge is 0.410 e. The summed E-state index contributed by atoms with van der Waals surface area (Å²) in [5.41, 5.74) is 1.64. The topological polar surface area (TPSA) is 109 Å². The van der Waals surface area contributed by atoms with E-state index < -0.39 is 17.1 Å². The van der Waals surface area contributed by atoms with Gasteiger partial charge in [0.25, 0.3) is 0 Å². The van der Waals surface area contributed by atoms with Gasteiger partial charge < -0.3 is 29.0 Å². The second-order valence-corrected chi connectivity index (χ2v) is 16.3. The van der Waals surface area contributed by atoms with Gasteiger partial charge in [-0.15, -0.1) is 0 Å². The zero-order valence-corrected chi connectivity index (χ0v) is 31.3. The summed E-state index contributed by atoms with van der Waals surface area (Å²) in [7, 11) is 1.66. The summed E-state index contributed by atoms with van der Waals surface area (Å²) >= 11 is 0. The number of allylic oxidation sites excluding steroid dienone is 2. The predicted octanol–water partition coefficient (Wildman–Crippen LogP) is 8.49. The second-order valence-electron chi connectivity index (χ2n) is 16.3. The van der Waals surface area contributed by atoms with Crippen LogP contribution in [0.3, 0.4) is 0 Å². The quantitative estimate of drug-likeness (QED) is 0.146. The van der Waals surface area contributed by atoms with Crippen LogP contribution >= 0.6 is 0 Å². The maximum absolute atomic E-state index is 14.2. The summed E-state index contributed by atoms with van der Waals surface area (Å²) in [6.07, 6.45) is 10.8. The molecule has 7 atom stereocenters. The average Bonchev–Trinajstić information content (AvgIpc) is 3.70. The molecule has 4 aliphatic carbocycles. The number of hydrogen-bond acceptors (Lipinski definition) is 7. The van der Waals surface area contributed by atoms with Gasteiger partial charge in [-0.05, 0) is 124 Å². The molecular weight excluding hydrogens is 630 g/mol. The van der Waals surface area contributed by atoms with Gasteiger partial charge in [0.1, 0.15) is 6.10 Å². The Hall–Kier alpha value is -2.94. The fourth-order valence-corrected chi connectivity index (χ4v) is 9.14. The highest BCUT2D eigenvalue weighted by atomic mass is 16.6. The monoisotopic (exact) mass is 691 g/mol. The minimum absolute atomic E-state index is 0.144. The Morgan fingerprint density at radius 1 is 1.12 bits per heavy atom. The van der Waals surface area contributed by atoms with Crippen LogP contribution in [-0.2, 0) is 15.9 Å². The molecular formula is C42H61NO7. The van der Waals surface area contributed by atoms with E-state index in [0.29, 0.717) is 75.0 Å². The number of fused-ring (bicyclic) bond motifs is 8. The lowest BCUT2D eigenvalue weighted by Crippen LogP contribution is -2.54. The van der Waals surface area contributed by atoms with Crippen molar-refractivity contribution in [1.29, 1.82) is 0 Å². The number of nitrogens with zero attached hydrogens (tertiary/aromatic N) is 1. The first-order valence-electron chi connectivity index (χ1n) is 19.1. The molecule has 1 heterocycles. The zero-order chi connectivity index (χ0) is 36.1. The van der Waals surface area contributed by atoms with Gasteiger partial charge in [-0.25, -0.2) is 4.79 Å². The van der Waals surface area contributed by atoms with E-state index in [-0.39, 0.29) is 36.2 Å². The van der Waals surface area contributed by atoms with Crippen molar-refractivity contribution in [3.63, 3.8) is 0 Å². The molecule has 2 fully saturated rings. The van der Waals surface area contributed by atoms with Crippen LogP contribution in [0.2, 0.25) is 0 Å². The van der Waals surface area contributed by atoms with Crippen LogP contribution < -0.4 is 0 Å². The molecule has 2 aromatic rings. The lowest BCUT2D eigenvalue weighted by molar-refractivity contribution is -0.0868. The van der Waals surface area contributed by atoms with Crippen LogP contribution in [0.25, 0.3) is 0 Å². The number of rotatable bonds is 10. The minimum Gasteiger partial charge on any atom is -0.461 e. The average molecular weight is 692 g/mol. The molecule has 0 saturated heterocycles. The number of amides is 1. The van der Waals surface area contributed by atoms with Crippen molar-refractivity contribution in [1.82, 2.24) is 4.90 Å². The highest BCUT2D eigenvalue weighted by molar-refractivity contribution is 6.08. The lowest BCUT2D eigenvalue weighted by atomic mass is 9.64. The third-order valence-corrected chi connectivity index (χ3v) is 12.4. The van der Waals surface area contributed by atoms with Gasteiger partial charge >= 0.3 is 6.09 Å². The molecule has 2 saturated carbocycles. The van der Waals surface area contributed by atoms with E-state index in [1.54, 1.807) is 24.1 Å². The van der Waals surface area contributed by atoms with Crippen molar-refractivity contribution in [2.24, 2.45) is 23.2 Å². The molecule has 1 amide bonds. The molecule has 1 aromatic carbocycles. The van der Waals surface area contributed by atoms with Crippen molar-refractivity contribution in [3.05, 3.63) is 70.7 Å². The van der Waals surface area contributed by atoms with Crippen LogP contribution in [0.1, 0.15) is 132 Å². The fourth-order valence-electron chi connectivity index (χ4n) is 9.14. The summed E-state index contributed by atoms with van der Waals surface area (Å²) in [6, 6.07) is 9.37. The van der Waals surface area contributed by atoms with Gasteiger partial charge in [0.05, 0.1) is 24.5 Å². The van der Waals surface area contributed by atoms with Crippen molar-refractivity contribution >= 4 is 11.9 Å². The Kier molecular flexibility index (Phi) is 12.7. The third-order valence-electron chi connectivity index (χ3n) is 12.4. The highest BCUT2D eigenvalue weighted by Gasteiger charge is 2.58. The number of benzene rings is 1. The first-order chi connectivity index (χ1) is 23.8. The number of methoxy groups -OCH3 is 1. The number of furan rings is 1. The van der Waals surface area contributed by atoms with Gasteiger partial charge in [-0.1, -0.05) is 57.9 Å². The number of carbonyl (C=O) groups excluding carboxylic acids is 2. The Bertz CT molecular complexity index is 1470. The van der Waals surface area contributed by atoms with Crippen molar-refractivity contribution in [2.45, 2.75) is 129 Å². The van der Waals surface area contributed by atoms with Crippen molar-refractivity contribution < 1.29 is 33.7 Å². The molecule has 6 rings (SSSR count). The van der Waals surface area contributed by atoms with Crippen molar-refractivity contribution in [3.8, 4) is 0 Å². The number of carbonyl (C=O) groups is 2. The summed E-state index contributed by atoms with van der Waals surface area (Å²) in [5.74, 6) is 1.14. The van der Waals surface area contributed by atoms with Crippen LogP contribution in [0.5, 0.6) is 0 Å². The van der Waals surface area contributed by atoms with Gasteiger partial charge in [-0.3, -0.25) is 4.79 Å². The molecule has 4 aliphatic rings. The summed E-state index contributed by atoms with van der Waals surface area (Å²) in [6.45, 7) is 12.0. The van der Waals surface area contributed by atoms with E-state index in [2.05, 4.69) is 40.7 Å². The predicted molar refractivity (Wildman–Crippen MR) is 195 cm³/mol. The van der Waals surface area contributed by atoms with E-state index >= 15 is 0 Å². The first kappa shape index (κ1) is 38.3. The van der Waals surface area contributed by atoms with Crippen LogP contribution in [0, 0.1) is 23.2 Å². The fraction of sp³-hybridized carbons (Fsp3) is 0.667. The normalized spacial score (nSPS) is 30.4. The molecule has 8 nitrogen and oxygen atoms in total. The van der Waals surface area contributed by atoms with Gasteiger partial charge in [0, 0.05) is 31.2 Å². The Balaban J connectivity index is 1.52. The van der Waals surface area contributed by atoms with Crippen LogP contribution in [-0.4, -0.2) is 71.6 Å². The Labute approximate surface area is 299 Å². The third kappa shape index (κ3) is 8.56. The van der Waals surface area contributed by atoms with Gasteiger partial charge in [0.15, 0.2) is 5.76 Å². The molecule has 1 aromatic heterocycles. The lowest BCUT2D eigenvalue weighted by Gasteiger charge is -2.46. The standard InChI is InChI=1S/C42H61NO7/c1-28(2)33-16-13-30(4)24-38(33)50-40(46)43(21-9-22-48-6)27-42(47)20-18-36-34-17-14-31(26-35(34)39(45)37-11-8-23-49-37)25-32(44)15-12-29(3)10-7-19-41(36,42)5/h8,10-11,14,17,23,26,28,30,32-33,36,38,44,47H,7,9,12-13,15-16,18-22,24-25,27H2,1-6H3. The summed E-state index contributed by atoms with van der Waals surface area (Å²) in [5, 5.41) is 23.8. The van der Waals surface area contributed by atoms with Gasteiger partial charge in [-0.2, -0.15) is 0 Å². The molecule has 7 unspecified atom stereocenters. The van der Waals surface area contributed by atoms with E-state index in [9.17, 15) is 19.8 Å². The first-order valence-corrected chi connectivity index (χ1v) is 19.1. The molecule has 8 heteroatoms. The van der Waals surface area contributed by atoms with Crippen LogP contribution in [0.15, 0.2) is 52.7 Å². The molecule has 0 radical (unpaired) electrons. The van der Waals surface area contributed by atoms with E-state index in [1.807, 2.05) is 18.2 Å². The van der Waals surface area contributed by atoms with E-state index in [0.717, 1.165) is 43.2 Å². The van der Waals surface area contributed by atoms with Crippen molar-refractivity contribution in [2.75, 3.05) is 26.8 Å². The van der Waals surface area contributed by atoms with Gasteiger partial charge in [0.2, 0.25) is 5.78 Å².